The van der Waals surface area contributed by atoms with Crippen LogP contribution in [0, 0.1) is 6.92 Å². The Morgan fingerprint density at radius 2 is 1.92 bits per heavy atom. The standard InChI is InChI=1S/C18H14N4O3S/c1-10-4-2-3-5-12(10)16-21-22-18(25-16)26-9-15(23)11-6-7-13-14(8-11)20-17(24)19-13/h2-8H,9H2,1H3,(H2,19,20,24). The third-order valence-corrected chi connectivity index (χ3v) is 4.77. The smallest absolute Gasteiger partial charge is 0.323 e. The molecule has 130 valence electrons. The number of nitrogens with one attached hydrogen (secondary N) is 2. The Morgan fingerprint density at radius 3 is 2.77 bits per heavy atom. The molecule has 4 aromatic rings. The van der Waals surface area contributed by atoms with E-state index < -0.39 is 0 Å². The number of Topliss-reactive ketones (excluding diaryl/α,β-unsaturated/α-hetero) is 1. The number of carbonyl (C=O) groups is 1. The van der Waals surface area contributed by atoms with Crippen LogP contribution in [0.4, 0.5) is 0 Å². The molecular formula is C18H14N4O3S. The Kier molecular flexibility index (Phi) is 4.18. The second-order valence-corrected chi connectivity index (χ2v) is 6.67. The maximum absolute atomic E-state index is 12.4. The minimum absolute atomic E-state index is 0.0883. The topological polar surface area (TPSA) is 105 Å². The molecule has 4 rings (SSSR count). The second kappa shape index (κ2) is 6.64. The molecule has 0 saturated heterocycles. The lowest BCUT2D eigenvalue weighted by Gasteiger charge is -2.00. The first-order valence-corrected chi connectivity index (χ1v) is 8.86. The van der Waals surface area contributed by atoms with E-state index >= 15 is 0 Å². The van der Waals surface area contributed by atoms with Crippen LogP contribution < -0.4 is 5.69 Å². The van der Waals surface area contributed by atoms with Gasteiger partial charge in [0.15, 0.2) is 5.78 Å². The largest absolute Gasteiger partial charge is 0.411 e. The van der Waals surface area contributed by atoms with Gasteiger partial charge in [-0.15, -0.1) is 10.2 Å². The number of nitrogens with zero attached hydrogens (tertiary/aromatic N) is 2. The van der Waals surface area contributed by atoms with Crippen LogP contribution in [0.2, 0.25) is 0 Å². The van der Waals surface area contributed by atoms with Gasteiger partial charge in [0.2, 0.25) is 5.89 Å². The van der Waals surface area contributed by atoms with Gasteiger partial charge in [-0.2, -0.15) is 0 Å². The molecule has 7 nitrogen and oxygen atoms in total. The summed E-state index contributed by atoms with van der Waals surface area (Å²) in [6, 6.07) is 12.8. The van der Waals surface area contributed by atoms with Crippen molar-refractivity contribution >= 4 is 28.6 Å². The summed E-state index contributed by atoms with van der Waals surface area (Å²) in [6.45, 7) is 1.97. The van der Waals surface area contributed by atoms with E-state index in [0.29, 0.717) is 27.7 Å². The van der Waals surface area contributed by atoms with E-state index in [-0.39, 0.29) is 17.2 Å². The summed E-state index contributed by atoms with van der Waals surface area (Å²) in [5.41, 5.74) is 3.40. The first kappa shape index (κ1) is 16.3. The number of fused-ring (bicyclic) bond motifs is 1. The molecular weight excluding hydrogens is 352 g/mol. The van der Waals surface area contributed by atoms with Crippen molar-refractivity contribution in [2.24, 2.45) is 0 Å². The van der Waals surface area contributed by atoms with Crippen molar-refractivity contribution in [3.63, 3.8) is 0 Å². The highest BCUT2D eigenvalue weighted by molar-refractivity contribution is 7.99. The number of hydrogen-bond acceptors (Lipinski definition) is 6. The molecule has 2 heterocycles. The highest BCUT2D eigenvalue weighted by atomic mass is 32.2. The van der Waals surface area contributed by atoms with Crippen molar-refractivity contribution in [2.45, 2.75) is 12.1 Å². The van der Waals surface area contributed by atoms with Gasteiger partial charge in [-0.1, -0.05) is 30.0 Å². The Bertz CT molecular complexity index is 1160. The van der Waals surface area contributed by atoms with Crippen LogP contribution in [0.5, 0.6) is 0 Å². The number of ketones is 1. The summed E-state index contributed by atoms with van der Waals surface area (Å²) in [6.07, 6.45) is 0. The van der Waals surface area contributed by atoms with E-state index in [2.05, 4.69) is 20.2 Å². The van der Waals surface area contributed by atoms with Crippen LogP contribution in [0.1, 0.15) is 15.9 Å². The summed E-state index contributed by atoms with van der Waals surface area (Å²) >= 11 is 1.19. The molecule has 8 heteroatoms. The SMILES string of the molecule is Cc1ccccc1-c1nnc(SCC(=O)c2ccc3[nH]c(=O)[nH]c3c2)o1. The maximum Gasteiger partial charge on any atom is 0.323 e. The monoisotopic (exact) mass is 366 g/mol. The van der Waals surface area contributed by atoms with Gasteiger partial charge in [0.05, 0.1) is 16.8 Å². The molecule has 0 aliphatic carbocycles. The summed E-state index contributed by atoms with van der Waals surface area (Å²) in [4.78, 5) is 29.0. The number of hydrogen-bond donors (Lipinski definition) is 2. The zero-order chi connectivity index (χ0) is 18.1. The molecule has 0 spiro atoms. The number of aryl methyl sites for hydroxylation is 1. The van der Waals surface area contributed by atoms with E-state index in [4.69, 9.17) is 4.42 Å². The predicted molar refractivity (Wildman–Crippen MR) is 98.4 cm³/mol. The quantitative estimate of drug-likeness (QED) is 0.415. The van der Waals surface area contributed by atoms with Gasteiger partial charge < -0.3 is 14.4 Å². The Labute approximate surface area is 151 Å². The Balaban J connectivity index is 1.47. The Morgan fingerprint density at radius 1 is 1.12 bits per heavy atom. The lowest BCUT2D eigenvalue weighted by Crippen LogP contribution is -2.02. The molecule has 0 aliphatic rings. The normalized spacial score (nSPS) is 11.1. The molecule has 2 aromatic carbocycles. The van der Waals surface area contributed by atoms with E-state index in [1.807, 2.05) is 31.2 Å². The zero-order valence-electron chi connectivity index (χ0n) is 13.8. The van der Waals surface area contributed by atoms with Crippen LogP contribution in [-0.4, -0.2) is 31.7 Å². The van der Waals surface area contributed by atoms with E-state index in [1.165, 1.54) is 11.8 Å². The van der Waals surface area contributed by atoms with E-state index in [0.717, 1.165) is 11.1 Å². The van der Waals surface area contributed by atoms with Gasteiger partial charge in [0.1, 0.15) is 0 Å². The number of rotatable bonds is 5. The Hall–Kier alpha value is -3.13. The van der Waals surface area contributed by atoms with Crippen LogP contribution >= 0.6 is 11.8 Å². The second-order valence-electron chi connectivity index (χ2n) is 5.74. The van der Waals surface area contributed by atoms with Crippen molar-refractivity contribution in [3.8, 4) is 11.5 Å². The van der Waals surface area contributed by atoms with Crippen LogP contribution in [-0.2, 0) is 0 Å². The number of aromatic amines is 2. The van der Waals surface area contributed by atoms with Gasteiger partial charge in [-0.05, 0) is 36.8 Å². The molecule has 0 unspecified atom stereocenters. The number of H-pyrrole nitrogens is 2. The van der Waals surface area contributed by atoms with Crippen LogP contribution in [0.15, 0.2) is 56.9 Å². The van der Waals surface area contributed by atoms with Gasteiger partial charge in [-0.3, -0.25) is 4.79 Å². The van der Waals surface area contributed by atoms with Gasteiger partial charge in [-0.25, -0.2) is 4.79 Å². The first-order valence-electron chi connectivity index (χ1n) is 7.88. The number of carbonyl (C=O) groups excluding carboxylic acids is 1. The molecule has 0 saturated carbocycles. The van der Waals surface area contributed by atoms with Crippen molar-refractivity contribution < 1.29 is 9.21 Å². The molecule has 0 amide bonds. The molecule has 0 bridgehead atoms. The highest BCUT2D eigenvalue weighted by Gasteiger charge is 2.14. The van der Waals surface area contributed by atoms with Crippen molar-refractivity contribution in [1.82, 2.24) is 20.2 Å². The minimum atomic E-state index is -0.298. The summed E-state index contributed by atoms with van der Waals surface area (Å²) in [5.74, 6) is 0.509. The fourth-order valence-electron chi connectivity index (χ4n) is 2.61. The average Bonchev–Trinajstić information content (AvgIpc) is 3.24. The molecule has 0 aliphatic heterocycles. The maximum atomic E-state index is 12.4. The summed E-state index contributed by atoms with van der Waals surface area (Å²) in [7, 11) is 0. The lowest BCUT2D eigenvalue weighted by molar-refractivity contribution is 0.102. The third-order valence-electron chi connectivity index (χ3n) is 3.95. The average molecular weight is 366 g/mol. The number of imidazole rings is 1. The molecule has 26 heavy (non-hydrogen) atoms. The number of thioether (sulfide) groups is 1. The van der Waals surface area contributed by atoms with Crippen molar-refractivity contribution in [1.29, 1.82) is 0 Å². The summed E-state index contributed by atoms with van der Waals surface area (Å²) in [5, 5.41) is 8.38. The molecule has 2 aromatic heterocycles. The van der Waals surface area contributed by atoms with E-state index in [9.17, 15) is 9.59 Å². The van der Waals surface area contributed by atoms with Gasteiger partial charge >= 0.3 is 5.69 Å². The first-order chi connectivity index (χ1) is 12.6. The molecule has 0 atom stereocenters. The third kappa shape index (κ3) is 3.18. The molecule has 2 N–H and O–H groups in total. The van der Waals surface area contributed by atoms with E-state index in [1.54, 1.807) is 18.2 Å². The van der Waals surface area contributed by atoms with Gasteiger partial charge in [0, 0.05) is 11.1 Å². The minimum Gasteiger partial charge on any atom is -0.411 e. The number of aromatic nitrogens is 4. The molecule has 0 radical (unpaired) electrons. The van der Waals surface area contributed by atoms with Crippen molar-refractivity contribution in [3.05, 3.63) is 64.1 Å². The fourth-order valence-corrected chi connectivity index (χ4v) is 3.26. The van der Waals surface area contributed by atoms with Crippen molar-refractivity contribution in [2.75, 3.05) is 5.75 Å². The number of benzene rings is 2. The van der Waals surface area contributed by atoms with Crippen LogP contribution in [0.25, 0.3) is 22.5 Å². The predicted octanol–water partition coefficient (Wildman–Crippen LogP) is 3.19. The summed E-state index contributed by atoms with van der Waals surface area (Å²) < 4.78 is 5.65. The van der Waals surface area contributed by atoms with Gasteiger partial charge in [0.25, 0.3) is 5.22 Å². The van der Waals surface area contributed by atoms with Crippen LogP contribution in [0.3, 0.4) is 0 Å². The zero-order valence-corrected chi connectivity index (χ0v) is 14.6. The molecule has 0 fully saturated rings. The highest BCUT2D eigenvalue weighted by Crippen LogP contribution is 2.26. The lowest BCUT2D eigenvalue weighted by atomic mass is 10.1. The fraction of sp³-hybridized carbons (Fsp3) is 0.111.